The van der Waals surface area contributed by atoms with Gasteiger partial charge in [-0.1, -0.05) is 33.1 Å². The highest BCUT2D eigenvalue weighted by molar-refractivity contribution is 5.94. The van der Waals surface area contributed by atoms with E-state index in [9.17, 15) is 9.59 Å². The number of carbonyl (C=O) groups excluding carboxylic acids is 1. The van der Waals surface area contributed by atoms with E-state index in [4.69, 9.17) is 5.11 Å². The van der Waals surface area contributed by atoms with Crippen LogP contribution in [0.25, 0.3) is 0 Å². The van der Waals surface area contributed by atoms with E-state index in [1.807, 2.05) is 0 Å². The molecule has 0 spiro atoms. The molecule has 0 saturated carbocycles. The number of amides is 1. The van der Waals surface area contributed by atoms with Gasteiger partial charge in [0.05, 0.1) is 11.3 Å². The lowest BCUT2D eigenvalue weighted by Gasteiger charge is -2.17. The van der Waals surface area contributed by atoms with Gasteiger partial charge in [0, 0.05) is 6.04 Å². The Morgan fingerprint density at radius 2 is 1.95 bits per heavy atom. The van der Waals surface area contributed by atoms with Crippen LogP contribution in [-0.4, -0.2) is 28.0 Å². The number of unbranched alkanes of at least 4 members (excludes halogenated alkanes) is 1. The number of hydrogen-bond acceptors (Lipinski definition) is 3. The van der Waals surface area contributed by atoms with Crippen molar-refractivity contribution < 1.29 is 14.7 Å². The molecule has 1 rings (SSSR count). The molecule has 0 bridgehead atoms. The van der Waals surface area contributed by atoms with Crippen molar-refractivity contribution in [2.75, 3.05) is 0 Å². The van der Waals surface area contributed by atoms with Crippen molar-refractivity contribution in [1.29, 1.82) is 0 Å². The molecule has 5 nitrogen and oxygen atoms in total. The third-order valence-electron chi connectivity index (χ3n) is 3.43. The summed E-state index contributed by atoms with van der Waals surface area (Å²) < 4.78 is 0. The molecule has 116 valence electrons. The molecule has 0 aromatic carbocycles. The maximum Gasteiger partial charge on any atom is 0.337 e. The Balaban J connectivity index is 2.77. The molecule has 2 N–H and O–H groups in total. The zero-order valence-corrected chi connectivity index (χ0v) is 13.0. The molecule has 0 aliphatic heterocycles. The summed E-state index contributed by atoms with van der Waals surface area (Å²) in [5, 5.41) is 12.0. The number of rotatable bonds is 8. The maximum atomic E-state index is 12.2. The molecule has 1 amide bonds. The van der Waals surface area contributed by atoms with Crippen molar-refractivity contribution in [3.63, 3.8) is 0 Å². The molecule has 0 radical (unpaired) electrons. The second-order valence-electron chi connectivity index (χ2n) is 5.24. The fraction of sp³-hybridized carbons (Fsp3) is 0.562. The fourth-order valence-corrected chi connectivity index (χ4v) is 2.26. The first-order chi connectivity index (χ1) is 9.99. The number of pyridine rings is 1. The minimum Gasteiger partial charge on any atom is -0.478 e. The highest BCUT2D eigenvalue weighted by Crippen LogP contribution is 2.10. The molecule has 0 saturated heterocycles. The summed E-state index contributed by atoms with van der Waals surface area (Å²) in [7, 11) is 0. The van der Waals surface area contributed by atoms with E-state index in [2.05, 4.69) is 24.1 Å². The van der Waals surface area contributed by atoms with E-state index in [0.29, 0.717) is 5.69 Å². The number of aromatic nitrogens is 1. The number of nitrogens with zero attached hydrogens (tertiary/aromatic N) is 1. The molecule has 1 aromatic rings. The van der Waals surface area contributed by atoms with Crippen molar-refractivity contribution in [2.45, 2.75) is 58.9 Å². The molecule has 0 aliphatic rings. The van der Waals surface area contributed by atoms with Gasteiger partial charge in [0.1, 0.15) is 5.69 Å². The Morgan fingerprint density at radius 3 is 2.48 bits per heavy atom. The summed E-state index contributed by atoms with van der Waals surface area (Å²) in [6.07, 6.45) is 5.09. The van der Waals surface area contributed by atoms with Gasteiger partial charge in [0.25, 0.3) is 5.91 Å². The first-order valence-electron chi connectivity index (χ1n) is 7.51. The molecule has 1 aromatic heterocycles. The van der Waals surface area contributed by atoms with Gasteiger partial charge in [-0.2, -0.15) is 0 Å². The average molecular weight is 292 g/mol. The predicted octanol–water partition coefficient (Wildman–Crippen LogP) is 3.18. The molecule has 21 heavy (non-hydrogen) atoms. The van der Waals surface area contributed by atoms with Crippen LogP contribution in [-0.2, 0) is 0 Å². The van der Waals surface area contributed by atoms with E-state index >= 15 is 0 Å². The van der Waals surface area contributed by atoms with E-state index in [1.54, 1.807) is 6.92 Å². The summed E-state index contributed by atoms with van der Waals surface area (Å²) >= 11 is 0. The van der Waals surface area contributed by atoms with Crippen LogP contribution >= 0.6 is 0 Å². The quantitative estimate of drug-likeness (QED) is 0.771. The van der Waals surface area contributed by atoms with Crippen LogP contribution in [0.3, 0.4) is 0 Å². The lowest BCUT2D eigenvalue weighted by molar-refractivity contribution is 0.0694. The van der Waals surface area contributed by atoms with Crippen LogP contribution in [0.4, 0.5) is 0 Å². The summed E-state index contributed by atoms with van der Waals surface area (Å²) in [5.41, 5.74) is 0.758. The first-order valence-corrected chi connectivity index (χ1v) is 7.51. The smallest absolute Gasteiger partial charge is 0.337 e. The topological polar surface area (TPSA) is 79.3 Å². The van der Waals surface area contributed by atoms with Crippen LogP contribution in [0.15, 0.2) is 12.1 Å². The van der Waals surface area contributed by atoms with Crippen LogP contribution in [0.2, 0.25) is 0 Å². The van der Waals surface area contributed by atoms with E-state index in [0.717, 1.165) is 32.1 Å². The van der Waals surface area contributed by atoms with Gasteiger partial charge in [0.2, 0.25) is 0 Å². The number of aryl methyl sites for hydroxylation is 1. The molecular weight excluding hydrogens is 268 g/mol. The molecule has 1 unspecified atom stereocenters. The summed E-state index contributed by atoms with van der Waals surface area (Å²) in [6, 6.07) is 3.05. The van der Waals surface area contributed by atoms with Crippen molar-refractivity contribution in [2.24, 2.45) is 0 Å². The number of nitrogens with one attached hydrogen (secondary N) is 1. The molecule has 0 fully saturated rings. The fourth-order valence-electron chi connectivity index (χ4n) is 2.26. The van der Waals surface area contributed by atoms with Crippen molar-refractivity contribution >= 4 is 11.9 Å². The maximum absolute atomic E-state index is 12.2. The zero-order valence-electron chi connectivity index (χ0n) is 13.0. The Labute approximate surface area is 125 Å². The lowest BCUT2D eigenvalue weighted by atomic mass is 10.0. The van der Waals surface area contributed by atoms with Gasteiger partial charge in [-0.15, -0.1) is 0 Å². The summed E-state index contributed by atoms with van der Waals surface area (Å²) in [4.78, 5) is 27.2. The Hall–Kier alpha value is -1.91. The zero-order chi connectivity index (χ0) is 15.8. The van der Waals surface area contributed by atoms with E-state index in [-0.39, 0.29) is 23.2 Å². The predicted molar refractivity (Wildman–Crippen MR) is 81.6 cm³/mol. The van der Waals surface area contributed by atoms with Gasteiger partial charge in [0.15, 0.2) is 0 Å². The summed E-state index contributed by atoms with van der Waals surface area (Å²) in [6.45, 7) is 5.82. The third kappa shape index (κ3) is 5.17. The minimum absolute atomic E-state index is 0.127. The molecule has 1 atom stereocenters. The van der Waals surface area contributed by atoms with Crippen molar-refractivity contribution in [1.82, 2.24) is 10.3 Å². The van der Waals surface area contributed by atoms with Gasteiger partial charge in [-0.25, -0.2) is 9.78 Å². The Bertz CT molecular complexity index is 500. The lowest BCUT2D eigenvalue weighted by Crippen LogP contribution is -2.35. The highest BCUT2D eigenvalue weighted by atomic mass is 16.4. The van der Waals surface area contributed by atoms with Gasteiger partial charge in [-0.3, -0.25) is 4.79 Å². The minimum atomic E-state index is -1.03. The second-order valence-corrected chi connectivity index (χ2v) is 5.24. The largest absolute Gasteiger partial charge is 0.478 e. The second kappa shape index (κ2) is 8.39. The normalized spacial score (nSPS) is 12.0. The molecule has 5 heteroatoms. The van der Waals surface area contributed by atoms with Crippen LogP contribution in [0.5, 0.6) is 0 Å². The van der Waals surface area contributed by atoms with E-state index < -0.39 is 5.97 Å². The molecular formula is C16H24N2O3. The van der Waals surface area contributed by atoms with E-state index in [1.165, 1.54) is 12.1 Å². The highest BCUT2D eigenvalue weighted by Gasteiger charge is 2.16. The van der Waals surface area contributed by atoms with Crippen LogP contribution in [0.1, 0.15) is 72.5 Å². The molecule has 1 heterocycles. The standard InChI is InChI=1S/C16H24N2O3/c1-4-6-8-12(7-5-2)18-15(19)14-10-9-13(16(20)21)11(3)17-14/h9-10,12H,4-8H2,1-3H3,(H,18,19)(H,20,21). The third-order valence-corrected chi connectivity index (χ3v) is 3.43. The number of aromatic carboxylic acids is 1. The Kier molecular flexibility index (Phi) is 6.85. The summed E-state index contributed by atoms with van der Waals surface area (Å²) in [5.74, 6) is -1.26. The number of carboxylic acids is 1. The Morgan fingerprint density at radius 1 is 1.24 bits per heavy atom. The average Bonchev–Trinajstić information content (AvgIpc) is 2.44. The number of carboxylic acid groups (broad SMARTS) is 1. The number of hydrogen-bond donors (Lipinski definition) is 2. The van der Waals surface area contributed by atoms with Gasteiger partial charge < -0.3 is 10.4 Å². The first kappa shape index (κ1) is 17.1. The van der Waals surface area contributed by atoms with Crippen LogP contribution in [0, 0.1) is 6.92 Å². The van der Waals surface area contributed by atoms with Crippen molar-refractivity contribution in [3.05, 3.63) is 29.1 Å². The van der Waals surface area contributed by atoms with Crippen molar-refractivity contribution in [3.8, 4) is 0 Å². The van der Waals surface area contributed by atoms with Gasteiger partial charge >= 0.3 is 5.97 Å². The van der Waals surface area contributed by atoms with Gasteiger partial charge in [-0.05, 0) is 31.9 Å². The monoisotopic (exact) mass is 292 g/mol. The SMILES string of the molecule is CCCCC(CCC)NC(=O)c1ccc(C(=O)O)c(C)n1. The van der Waals surface area contributed by atoms with Crippen LogP contribution < -0.4 is 5.32 Å². The molecule has 0 aliphatic carbocycles. The number of carbonyl (C=O) groups is 2.